The zero-order chi connectivity index (χ0) is 11.4. The number of rotatable bonds is 4. The number of carbonyl (C=O) groups is 1. The maximum Gasteiger partial charge on any atom is 0.252 e. The molecule has 1 N–H and O–H groups in total. The molecule has 0 saturated carbocycles. The summed E-state index contributed by atoms with van der Waals surface area (Å²) >= 11 is 3.73. The molecule has 0 bridgehead atoms. The number of aromatic nitrogens is 2. The molecule has 0 atom stereocenters. The van der Waals surface area contributed by atoms with Crippen LogP contribution in [0.5, 0.6) is 0 Å². The molecular weight excluding hydrogens is 341 g/mol. The van der Waals surface area contributed by atoms with Gasteiger partial charge < -0.3 is 9.84 Å². The molecule has 2 aromatic rings. The predicted octanol–water partition coefficient (Wildman–Crippen LogP) is 1.71. The van der Waals surface area contributed by atoms with Crippen molar-refractivity contribution in [2.24, 2.45) is 0 Å². The van der Waals surface area contributed by atoms with Gasteiger partial charge in [-0.2, -0.15) is 4.98 Å². The summed E-state index contributed by atoms with van der Waals surface area (Å²) in [7, 11) is 0. The molecule has 84 valence electrons. The van der Waals surface area contributed by atoms with Gasteiger partial charge in [-0.1, -0.05) is 5.16 Å². The van der Waals surface area contributed by atoms with E-state index in [0.29, 0.717) is 24.4 Å². The monoisotopic (exact) mass is 349 g/mol. The molecule has 0 aliphatic carbocycles. The molecule has 2 rings (SSSR count). The Labute approximate surface area is 109 Å². The molecular formula is C9H8IN3O2S. The van der Waals surface area contributed by atoms with Crippen LogP contribution in [-0.2, 0) is 6.42 Å². The molecule has 5 nitrogen and oxygen atoms in total. The standard InChI is InChI=1S/C9H8IN3O2S/c10-7-3-6(4-16-7)9(14)11-2-1-8-12-5-13-15-8/h3-5H,1-2H2,(H,11,14). The smallest absolute Gasteiger partial charge is 0.252 e. The van der Waals surface area contributed by atoms with Crippen molar-refractivity contribution in [2.75, 3.05) is 6.54 Å². The lowest BCUT2D eigenvalue weighted by Crippen LogP contribution is -2.25. The minimum atomic E-state index is -0.0707. The third-order valence-corrected chi connectivity index (χ3v) is 3.65. The maximum atomic E-state index is 11.6. The van der Waals surface area contributed by atoms with Crippen LogP contribution >= 0.6 is 33.9 Å². The second-order valence-corrected chi connectivity index (χ2v) is 5.79. The number of nitrogens with one attached hydrogen (secondary N) is 1. The van der Waals surface area contributed by atoms with Gasteiger partial charge in [0.2, 0.25) is 5.89 Å². The van der Waals surface area contributed by atoms with Gasteiger partial charge >= 0.3 is 0 Å². The van der Waals surface area contributed by atoms with Crippen LogP contribution < -0.4 is 5.32 Å². The first-order valence-electron chi connectivity index (χ1n) is 4.53. The van der Waals surface area contributed by atoms with E-state index in [9.17, 15) is 4.79 Å². The van der Waals surface area contributed by atoms with Crippen molar-refractivity contribution in [1.29, 1.82) is 0 Å². The highest BCUT2D eigenvalue weighted by Gasteiger charge is 2.07. The van der Waals surface area contributed by atoms with Gasteiger partial charge in [0.1, 0.15) is 0 Å². The molecule has 0 radical (unpaired) electrons. The number of hydrogen-bond donors (Lipinski definition) is 1. The Kier molecular flexibility index (Phi) is 3.88. The van der Waals surface area contributed by atoms with Gasteiger partial charge in [0.05, 0.1) is 8.45 Å². The van der Waals surface area contributed by atoms with E-state index in [1.165, 1.54) is 6.33 Å². The van der Waals surface area contributed by atoms with Gasteiger partial charge in [-0.25, -0.2) is 0 Å². The normalized spacial score (nSPS) is 10.3. The third kappa shape index (κ3) is 3.01. The number of nitrogens with zero attached hydrogens (tertiary/aromatic N) is 2. The zero-order valence-corrected chi connectivity index (χ0v) is 11.1. The van der Waals surface area contributed by atoms with Crippen LogP contribution in [0.15, 0.2) is 22.3 Å². The van der Waals surface area contributed by atoms with E-state index >= 15 is 0 Å². The van der Waals surface area contributed by atoms with Gasteiger partial charge in [0, 0.05) is 18.3 Å². The van der Waals surface area contributed by atoms with E-state index in [2.05, 4.69) is 38.0 Å². The largest absolute Gasteiger partial charge is 0.351 e. The fraction of sp³-hybridized carbons (Fsp3) is 0.222. The minimum Gasteiger partial charge on any atom is -0.351 e. The summed E-state index contributed by atoms with van der Waals surface area (Å²) in [5.74, 6) is 0.457. The molecule has 2 heterocycles. The highest BCUT2D eigenvalue weighted by Crippen LogP contribution is 2.16. The van der Waals surface area contributed by atoms with Crippen LogP contribution in [0.3, 0.4) is 0 Å². The molecule has 1 amide bonds. The van der Waals surface area contributed by atoms with E-state index in [1.807, 2.05) is 11.4 Å². The van der Waals surface area contributed by atoms with E-state index in [4.69, 9.17) is 4.52 Å². The summed E-state index contributed by atoms with van der Waals surface area (Å²) < 4.78 is 5.91. The Bertz CT molecular complexity index is 469. The second-order valence-electron chi connectivity index (χ2n) is 2.98. The Hall–Kier alpha value is -0.960. The molecule has 0 fully saturated rings. The van der Waals surface area contributed by atoms with Gasteiger partial charge in [0.25, 0.3) is 5.91 Å². The van der Waals surface area contributed by atoms with Crippen molar-refractivity contribution >= 4 is 39.8 Å². The number of thiophene rings is 1. The van der Waals surface area contributed by atoms with Gasteiger partial charge in [-0.3, -0.25) is 4.79 Å². The molecule has 0 aromatic carbocycles. The van der Waals surface area contributed by atoms with Crippen LogP contribution in [0, 0.1) is 2.88 Å². The van der Waals surface area contributed by atoms with Crippen molar-refractivity contribution in [2.45, 2.75) is 6.42 Å². The molecule has 0 spiro atoms. The number of carbonyl (C=O) groups excluding carboxylic acids is 1. The summed E-state index contributed by atoms with van der Waals surface area (Å²) in [6.07, 6.45) is 1.89. The molecule has 0 aliphatic heterocycles. The lowest BCUT2D eigenvalue weighted by Gasteiger charge is -2.00. The molecule has 0 aliphatic rings. The number of halogens is 1. The lowest BCUT2D eigenvalue weighted by atomic mass is 10.3. The molecule has 7 heteroatoms. The van der Waals surface area contributed by atoms with Crippen LogP contribution in [0.2, 0.25) is 0 Å². The van der Waals surface area contributed by atoms with Gasteiger partial charge in [-0.05, 0) is 28.7 Å². The van der Waals surface area contributed by atoms with Gasteiger partial charge in [0.15, 0.2) is 6.33 Å². The van der Waals surface area contributed by atoms with E-state index in [-0.39, 0.29) is 5.91 Å². The summed E-state index contributed by atoms with van der Waals surface area (Å²) in [4.78, 5) is 15.5. The fourth-order valence-electron chi connectivity index (χ4n) is 1.12. The highest BCUT2D eigenvalue weighted by atomic mass is 127. The van der Waals surface area contributed by atoms with Crippen LogP contribution in [0.4, 0.5) is 0 Å². The SMILES string of the molecule is O=C(NCCc1ncno1)c1csc(I)c1. The molecule has 0 saturated heterocycles. The minimum absolute atomic E-state index is 0.0707. The van der Waals surface area contributed by atoms with Gasteiger partial charge in [-0.15, -0.1) is 11.3 Å². The molecule has 0 unspecified atom stereocenters. The first-order valence-corrected chi connectivity index (χ1v) is 6.49. The first-order chi connectivity index (χ1) is 7.75. The Morgan fingerprint density at radius 3 is 3.12 bits per heavy atom. The predicted molar refractivity (Wildman–Crippen MR) is 67.4 cm³/mol. The van der Waals surface area contributed by atoms with E-state index < -0.39 is 0 Å². The Morgan fingerprint density at radius 2 is 2.50 bits per heavy atom. The zero-order valence-electron chi connectivity index (χ0n) is 8.14. The quantitative estimate of drug-likeness (QED) is 0.854. The van der Waals surface area contributed by atoms with Crippen LogP contribution in [0.1, 0.15) is 16.2 Å². The second kappa shape index (κ2) is 5.39. The Morgan fingerprint density at radius 1 is 1.62 bits per heavy atom. The summed E-state index contributed by atoms with van der Waals surface area (Å²) in [6, 6.07) is 1.85. The number of amides is 1. The van der Waals surface area contributed by atoms with Crippen molar-refractivity contribution in [3.8, 4) is 0 Å². The third-order valence-electron chi connectivity index (χ3n) is 1.86. The van der Waals surface area contributed by atoms with Crippen LogP contribution in [-0.4, -0.2) is 22.6 Å². The van der Waals surface area contributed by atoms with E-state index in [1.54, 1.807) is 11.3 Å². The summed E-state index contributed by atoms with van der Waals surface area (Å²) in [5, 5.41) is 8.11. The average molecular weight is 349 g/mol. The lowest BCUT2D eigenvalue weighted by molar-refractivity contribution is 0.0954. The van der Waals surface area contributed by atoms with Crippen molar-refractivity contribution in [1.82, 2.24) is 15.5 Å². The fourth-order valence-corrected chi connectivity index (χ4v) is 2.45. The average Bonchev–Trinajstić information content (AvgIpc) is 2.89. The Balaban J connectivity index is 1.80. The van der Waals surface area contributed by atoms with Crippen molar-refractivity contribution in [3.63, 3.8) is 0 Å². The maximum absolute atomic E-state index is 11.6. The van der Waals surface area contributed by atoms with Crippen LogP contribution in [0.25, 0.3) is 0 Å². The summed E-state index contributed by atoms with van der Waals surface area (Å²) in [6.45, 7) is 0.494. The topological polar surface area (TPSA) is 68.0 Å². The van der Waals surface area contributed by atoms with Crippen molar-refractivity contribution < 1.29 is 9.32 Å². The number of hydrogen-bond acceptors (Lipinski definition) is 5. The first kappa shape index (κ1) is 11.5. The van der Waals surface area contributed by atoms with E-state index in [0.717, 1.165) is 2.88 Å². The van der Waals surface area contributed by atoms with Crippen molar-refractivity contribution in [3.05, 3.63) is 32.1 Å². The highest BCUT2D eigenvalue weighted by molar-refractivity contribution is 14.1. The molecule has 2 aromatic heterocycles. The molecule has 16 heavy (non-hydrogen) atoms. The summed E-state index contributed by atoms with van der Waals surface area (Å²) in [5.41, 5.74) is 0.694.